The van der Waals surface area contributed by atoms with Crippen LogP contribution < -0.4 is 10.6 Å². The summed E-state index contributed by atoms with van der Waals surface area (Å²) >= 11 is 0. The molecule has 1 aliphatic heterocycles. The van der Waals surface area contributed by atoms with E-state index in [2.05, 4.69) is 9.88 Å². The maximum absolute atomic E-state index is 11.7. The molecular weight excluding hydrogens is 276 g/mol. The van der Waals surface area contributed by atoms with E-state index in [4.69, 9.17) is 5.73 Å². The molecule has 0 saturated carbocycles. The molecule has 6 nitrogen and oxygen atoms in total. The van der Waals surface area contributed by atoms with Gasteiger partial charge < -0.3 is 15.0 Å². The first-order chi connectivity index (χ1) is 9.52. The monoisotopic (exact) mass is 294 g/mol. The molecule has 0 amide bonds. The minimum absolute atomic E-state index is 0.0797. The molecule has 2 aromatic rings. The molecule has 108 valence electrons. The van der Waals surface area contributed by atoms with Gasteiger partial charge in [0.25, 0.3) is 0 Å². The highest BCUT2D eigenvalue weighted by molar-refractivity contribution is 7.91. The van der Waals surface area contributed by atoms with Gasteiger partial charge in [-0.2, -0.15) is 0 Å². The van der Waals surface area contributed by atoms with Crippen LogP contribution in [0.25, 0.3) is 5.65 Å². The van der Waals surface area contributed by atoms with Crippen LogP contribution in [0.1, 0.15) is 12.6 Å². The fourth-order valence-electron chi connectivity index (χ4n) is 2.77. The van der Waals surface area contributed by atoms with Gasteiger partial charge >= 0.3 is 0 Å². The molecule has 1 aliphatic rings. The van der Waals surface area contributed by atoms with Crippen molar-refractivity contribution in [1.82, 2.24) is 9.38 Å². The van der Waals surface area contributed by atoms with Crippen molar-refractivity contribution >= 4 is 21.3 Å². The summed E-state index contributed by atoms with van der Waals surface area (Å²) in [4.78, 5) is 6.67. The number of rotatable bonds is 2. The Morgan fingerprint density at radius 1 is 1.45 bits per heavy atom. The number of sulfone groups is 1. The van der Waals surface area contributed by atoms with Crippen LogP contribution in [0.4, 0.5) is 5.82 Å². The smallest absolute Gasteiger partial charge is 0.154 e. The molecule has 2 N–H and O–H groups in total. The van der Waals surface area contributed by atoms with Gasteiger partial charge in [0.05, 0.1) is 17.2 Å². The lowest BCUT2D eigenvalue weighted by Gasteiger charge is -2.34. The SMILES string of the molecule is CC1CS(=O)(=O)CCN1c1nc2ccccn2c1CN. The molecule has 0 spiro atoms. The van der Waals surface area contributed by atoms with Crippen molar-refractivity contribution in [2.75, 3.05) is 23.0 Å². The van der Waals surface area contributed by atoms with Gasteiger partial charge in [-0.3, -0.25) is 0 Å². The van der Waals surface area contributed by atoms with E-state index in [9.17, 15) is 8.42 Å². The van der Waals surface area contributed by atoms with Gasteiger partial charge in [0.1, 0.15) is 5.65 Å². The van der Waals surface area contributed by atoms with E-state index in [-0.39, 0.29) is 17.5 Å². The molecule has 0 bridgehead atoms. The standard InChI is InChI=1S/C13H18N4O2S/c1-10-9-20(18,19)7-6-16(10)13-11(8-14)17-5-3-2-4-12(17)15-13/h2-5,10H,6-9,14H2,1H3. The quantitative estimate of drug-likeness (QED) is 0.868. The molecule has 1 fully saturated rings. The number of anilines is 1. The van der Waals surface area contributed by atoms with Gasteiger partial charge in [-0.1, -0.05) is 6.07 Å². The number of nitrogens with two attached hydrogens (primary N) is 1. The van der Waals surface area contributed by atoms with E-state index in [1.807, 2.05) is 35.7 Å². The highest BCUT2D eigenvalue weighted by Gasteiger charge is 2.31. The molecule has 1 unspecified atom stereocenters. The molecule has 7 heteroatoms. The average Bonchev–Trinajstić information content (AvgIpc) is 2.75. The van der Waals surface area contributed by atoms with E-state index in [0.717, 1.165) is 17.2 Å². The number of pyridine rings is 1. The van der Waals surface area contributed by atoms with E-state index in [1.54, 1.807) is 0 Å². The Labute approximate surface area is 118 Å². The van der Waals surface area contributed by atoms with Crippen LogP contribution in [0, 0.1) is 0 Å². The zero-order valence-electron chi connectivity index (χ0n) is 11.4. The first kappa shape index (κ1) is 13.4. The summed E-state index contributed by atoms with van der Waals surface area (Å²) in [6.45, 7) is 2.76. The van der Waals surface area contributed by atoms with Gasteiger partial charge in [0.15, 0.2) is 15.7 Å². The fourth-order valence-corrected chi connectivity index (χ4v) is 4.32. The lowest BCUT2D eigenvalue weighted by molar-refractivity contribution is 0.566. The number of nitrogens with zero attached hydrogens (tertiary/aromatic N) is 3. The van der Waals surface area contributed by atoms with Crippen LogP contribution in [0.5, 0.6) is 0 Å². The zero-order chi connectivity index (χ0) is 14.3. The molecule has 2 aromatic heterocycles. The number of hydrogen-bond acceptors (Lipinski definition) is 5. The first-order valence-electron chi connectivity index (χ1n) is 6.65. The van der Waals surface area contributed by atoms with E-state index < -0.39 is 9.84 Å². The summed E-state index contributed by atoms with van der Waals surface area (Å²) in [6.07, 6.45) is 1.93. The average molecular weight is 294 g/mol. The van der Waals surface area contributed by atoms with E-state index in [0.29, 0.717) is 13.1 Å². The Kier molecular flexibility index (Phi) is 3.18. The van der Waals surface area contributed by atoms with Crippen LogP contribution in [0.2, 0.25) is 0 Å². The maximum atomic E-state index is 11.7. The Morgan fingerprint density at radius 3 is 2.95 bits per heavy atom. The second-order valence-corrected chi connectivity index (χ2v) is 7.40. The third-order valence-electron chi connectivity index (χ3n) is 3.74. The minimum Gasteiger partial charge on any atom is -0.350 e. The second kappa shape index (κ2) is 4.75. The van der Waals surface area contributed by atoms with Crippen LogP contribution in [0.15, 0.2) is 24.4 Å². The Morgan fingerprint density at radius 2 is 2.25 bits per heavy atom. The molecule has 0 aromatic carbocycles. The third kappa shape index (κ3) is 2.16. The van der Waals surface area contributed by atoms with E-state index >= 15 is 0 Å². The van der Waals surface area contributed by atoms with Crippen molar-refractivity contribution in [2.45, 2.75) is 19.5 Å². The van der Waals surface area contributed by atoms with Gasteiger partial charge in [-0.25, -0.2) is 13.4 Å². The molecule has 3 rings (SSSR count). The van der Waals surface area contributed by atoms with Crippen molar-refractivity contribution in [2.24, 2.45) is 5.73 Å². The maximum Gasteiger partial charge on any atom is 0.154 e. The van der Waals surface area contributed by atoms with Crippen LogP contribution in [0.3, 0.4) is 0 Å². The van der Waals surface area contributed by atoms with Gasteiger partial charge in [-0.15, -0.1) is 0 Å². The minimum atomic E-state index is -2.93. The normalized spacial score (nSPS) is 22.3. The number of imidazole rings is 1. The number of fused-ring (bicyclic) bond motifs is 1. The van der Waals surface area contributed by atoms with Gasteiger partial charge in [-0.05, 0) is 19.1 Å². The third-order valence-corrected chi connectivity index (χ3v) is 5.54. The molecule has 0 aliphatic carbocycles. The van der Waals surface area contributed by atoms with Gasteiger partial charge in [0, 0.05) is 25.3 Å². The van der Waals surface area contributed by atoms with Crippen LogP contribution in [-0.2, 0) is 16.4 Å². The predicted octanol–water partition coefficient (Wildman–Crippen LogP) is 0.416. The summed E-state index contributed by atoms with van der Waals surface area (Å²) in [7, 11) is -2.93. The molecule has 1 atom stereocenters. The topological polar surface area (TPSA) is 80.7 Å². The van der Waals surface area contributed by atoms with Crippen LogP contribution in [-0.4, -0.2) is 41.9 Å². The Balaban J connectivity index is 2.06. The van der Waals surface area contributed by atoms with Crippen molar-refractivity contribution in [1.29, 1.82) is 0 Å². The zero-order valence-corrected chi connectivity index (χ0v) is 12.2. The molecular formula is C13H18N4O2S. The highest BCUT2D eigenvalue weighted by atomic mass is 32.2. The van der Waals surface area contributed by atoms with Crippen molar-refractivity contribution in [3.8, 4) is 0 Å². The summed E-state index contributed by atoms with van der Waals surface area (Å²) < 4.78 is 25.3. The lowest BCUT2D eigenvalue weighted by atomic mass is 10.3. The second-order valence-electron chi connectivity index (χ2n) is 5.17. The molecule has 20 heavy (non-hydrogen) atoms. The van der Waals surface area contributed by atoms with Crippen molar-refractivity contribution in [3.63, 3.8) is 0 Å². The lowest BCUT2D eigenvalue weighted by Crippen LogP contribution is -2.47. The first-order valence-corrected chi connectivity index (χ1v) is 8.47. The predicted molar refractivity (Wildman–Crippen MR) is 78.5 cm³/mol. The summed E-state index contributed by atoms with van der Waals surface area (Å²) in [5.74, 6) is 1.15. The molecule has 3 heterocycles. The number of aromatic nitrogens is 2. The number of hydrogen-bond donors (Lipinski definition) is 1. The summed E-state index contributed by atoms with van der Waals surface area (Å²) in [6, 6.07) is 5.70. The summed E-state index contributed by atoms with van der Waals surface area (Å²) in [5, 5.41) is 0. The van der Waals surface area contributed by atoms with Crippen LogP contribution >= 0.6 is 0 Å². The Hall–Kier alpha value is -1.60. The van der Waals surface area contributed by atoms with Crippen molar-refractivity contribution in [3.05, 3.63) is 30.1 Å². The fraction of sp³-hybridized carbons (Fsp3) is 0.462. The van der Waals surface area contributed by atoms with E-state index in [1.165, 1.54) is 0 Å². The molecule has 1 saturated heterocycles. The van der Waals surface area contributed by atoms with Crippen molar-refractivity contribution < 1.29 is 8.42 Å². The largest absolute Gasteiger partial charge is 0.350 e. The molecule has 0 radical (unpaired) electrons. The Bertz CT molecular complexity index is 738. The van der Waals surface area contributed by atoms with Gasteiger partial charge in [0.2, 0.25) is 0 Å². The summed E-state index contributed by atoms with van der Waals surface area (Å²) in [5.41, 5.74) is 7.62. The highest BCUT2D eigenvalue weighted by Crippen LogP contribution is 2.25.